The highest BCUT2D eigenvalue weighted by Crippen LogP contribution is 2.34. The third-order valence-electron chi connectivity index (χ3n) is 7.12. The maximum atomic E-state index is 13.8. The Morgan fingerprint density at radius 2 is 2.06 bits per heavy atom. The van der Waals surface area contributed by atoms with Crippen LogP contribution in [0.1, 0.15) is 41.8 Å². The molecule has 2 aromatic rings. The normalized spacial score (nSPS) is 26.0. The van der Waals surface area contributed by atoms with Crippen molar-refractivity contribution >= 4 is 51.3 Å². The van der Waals surface area contributed by atoms with Crippen molar-refractivity contribution in [2.24, 2.45) is 5.92 Å². The lowest BCUT2D eigenvalue weighted by Crippen LogP contribution is -2.55. The molecule has 0 spiro atoms. The number of amides is 2. The number of Topliss-reactive ketones (excluding diaryl/α,β-unsaturated/α-hetero) is 1. The number of halogens is 1. The molecule has 2 aromatic heterocycles. The van der Waals surface area contributed by atoms with Gasteiger partial charge in [-0.3, -0.25) is 18.6 Å². The number of hydrogen-bond donors (Lipinski definition) is 1. The maximum absolute atomic E-state index is 13.8. The third kappa shape index (κ3) is 4.98. The number of alkyl halides is 1. The quantitative estimate of drug-likeness (QED) is 0.549. The van der Waals surface area contributed by atoms with E-state index in [0.29, 0.717) is 20.3 Å². The van der Waals surface area contributed by atoms with Gasteiger partial charge in [-0.1, -0.05) is 19.3 Å². The van der Waals surface area contributed by atoms with E-state index in [1.807, 2.05) is 0 Å². The molecule has 1 N–H and O–H groups in total. The molecule has 0 bridgehead atoms. The van der Waals surface area contributed by atoms with Gasteiger partial charge in [0.2, 0.25) is 5.91 Å². The molecule has 4 heterocycles. The van der Waals surface area contributed by atoms with E-state index in [1.54, 1.807) is 24.5 Å². The Bertz CT molecular complexity index is 1200. The number of hydrogen-bond acceptors (Lipinski definition) is 8. The molecule has 12 heteroatoms. The van der Waals surface area contributed by atoms with Gasteiger partial charge in [0, 0.05) is 12.8 Å². The molecule has 36 heavy (non-hydrogen) atoms. The summed E-state index contributed by atoms with van der Waals surface area (Å²) >= 11 is 7.64. The lowest BCUT2D eigenvalue weighted by atomic mass is 9.83. The second-order valence-corrected chi connectivity index (χ2v) is 12.5. The summed E-state index contributed by atoms with van der Waals surface area (Å²) in [4.78, 5) is 42.8. The highest BCUT2D eigenvalue weighted by molar-refractivity contribution is 7.84. The van der Waals surface area contributed by atoms with Crippen LogP contribution in [0.2, 0.25) is 0 Å². The van der Waals surface area contributed by atoms with Crippen LogP contribution in [-0.4, -0.2) is 79.9 Å². The molecule has 5 unspecified atom stereocenters. The lowest BCUT2D eigenvalue weighted by molar-refractivity contribution is -0.139. The average molecular weight is 551 g/mol. The molecule has 2 saturated heterocycles. The minimum atomic E-state index is -1.20. The summed E-state index contributed by atoms with van der Waals surface area (Å²) < 4.78 is 17.3. The first kappa shape index (κ1) is 25.4. The first-order chi connectivity index (χ1) is 17.3. The number of carbonyl (C=O) groups is 3. The van der Waals surface area contributed by atoms with E-state index in [0.717, 1.165) is 32.1 Å². The van der Waals surface area contributed by atoms with Crippen LogP contribution in [0, 0.1) is 5.92 Å². The van der Waals surface area contributed by atoms with E-state index in [4.69, 9.17) is 16.3 Å². The van der Waals surface area contributed by atoms with Crippen LogP contribution in [0.25, 0.3) is 10.6 Å². The van der Waals surface area contributed by atoms with Gasteiger partial charge in [0.05, 0.1) is 37.0 Å². The standard InChI is InChI=1S/C24H27ClN4O5S2/c1-36(33)14-9-16(28-26-10-14)18-7-8-19(35-18)23(31)27-20(13-5-3-2-4-6-13)24(32)29-11-15(25)22-21(29)17(30)12-34-22/h7-10,13,15,20-22H,2-6,11-12H2,1H3,(H,27,31). The molecule has 2 amide bonds. The zero-order valence-electron chi connectivity index (χ0n) is 19.7. The zero-order chi connectivity index (χ0) is 25.4. The van der Waals surface area contributed by atoms with Gasteiger partial charge < -0.3 is 15.0 Å². The topological polar surface area (TPSA) is 119 Å². The van der Waals surface area contributed by atoms with Gasteiger partial charge in [0.15, 0.2) is 5.78 Å². The highest BCUT2D eigenvalue weighted by atomic mass is 35.5. The number of nitrogens with zero attached hydrogens (tertiary/aromatic N) is 3. The van der Waals surface area contributed by atoms with E-state index in [-0.39, 0.29) is 36.7 Å². The van der Waals surface area contributed by atoms with Gasteiger partial charge in [-0.15, -0.1) is 28.0 Å². The molecule has 5 atom stereocenters. The Kier molecular flexibility index (Phi) is 7.52. The van der Waals surface area contributed by atoms with Crippen LogP contribution in [0.4, 0.5) is 0 Å². The number of aromatic nitrogens is 2. The van der Waals surface area contributed by atoms with Crippen molar-refractivity contribution in [2.45, 2.75) is 60.6 Å². The number of ketones is 1. The van der Waals surface area contributed by atoms with Gasteiger partial charge in [-0.05, 0) is 37.0 Å². The van der Waals surface area contributed by atoms with Gasteiger partial charge in [0.1, 0.15) is 30.5 Å². The largest absolute Gasteiger partial charge is 0.366 e. The molecule has 2 aliphatic heterocycles. The van der Waals surface area contributed by atoms with E-state index in [9.17, 15) is 18.6 Å². The van der Waals surface area contributed by atoms with Crippen molar-refractivity contribution in [1.82, 2.24) is 20.4 Å². The fourth-order valence-corrected chi connectivity index (χ4v) is 6.99. The second kappa shape index (κ2) is 10.6. The number of carbonyl (C=O) groups excluding carboxylic acids is 3. The minimum Gasteiger partial charge on any atom is -0.366 e. The number of rotatable bonds is 6. The molecule has 9 nitrogen and oxygen atoms in total. The van der Waals surface area contributed by atoms with Crippen molar-refractivity contribution < 1.29 is 23.3 Å². The lowest BCUT2D eigenvalue weighted by Gasteiger charge is -2.34. The SMILES string of the molecule is CS(=O)c1cnnc(-c2ccc(C(=O)NC(C(=O)N3CC(Cl)C4OCC(=O)C43)C3CCCCC3)s2)c1. The molecule has 5 rings (SSSR count). The molecular weight excluding hydrogens is 524 g/mol. The Balaban J connectivity index is 1.37. The van der Waals surface area contributed by atoms with Crippen molar-refractivity contribution in [3.8, 4) is 10.6 Å². The number of likely N-dealkylation sites (tertiary alicyclic amines) is 1. The molecular formula is C24H27ClN4O5S2. The Morgan fingerprint density at radius 1 is 1.28 bits per heavy atom. The monoisotopic (exact) mass is 550 g/mol. The number of fused-ring (bicyclic) bond motifs is 1. The molecule has 0 radical (unpaired) electrons. The fraction of sp³-hybridized carbons (Fsp3) is 0.542. The molecule has 1 aliphatic carbocycles. The fourth-order valence-electron chi connectivity index (χ4n) is 5.29. The van der Waals surface area contributed by atoms with Crippen molar-refractivity contribution in [3.63, 3.8) is 0 Å². The van der Waals surface area contributed by atoms with Gasteiger partial charge >= 0.3 is 0 Å². The summed E-state index contributed by atoms with van der Waals surface area (Å²) in [6.45, 7) is 0.175. The molecule has 192 valence electrons. The molecule has 3 fully saturated rings. The first-order valence-electron chi connectivity index (χ1n) is 12.0. The number of ether oxygens (including phenoxy) is 1. The van der Waals surface area contributed by atoms with Crippen LogP contribution in [0.3, 0.4) is 0 Å². The zero-order valence-corrected chi connectivity index (χ0v) is 22.1. The van der Waals surface area contributed by atoms with Crippen LogP contribution >= 0.6 is 22.9 Å². The van der Waals surface area contributed by atoms with Crippen LogP contribution in [0.5, 0.6) is 0 Å². The van der Waals surface area contributed by atoms with Gasteiger partial charge in [-0.2, -0.15) is 5.10 Å². The summed E-state index contributed by atoms with van der Waals surface area (Å²) in [7, 11) is -1.20. The van der Waals surface area contributed by atoms with Gasteiger partial charge in [-0.25, -0.2) is 0 Å². The Morgan fingerprint density at radius 3 is 2.81 bits per heavy atom. The van der Waals surface area contributed by atoms with Crippen LogP contribution < -0.4 is 5.32 Å². The van der Waals surface area contributed by atoms with Crippen LogP contribution in [-0.2, 0) is 25.1 Å². The smallest absolute Gasteiger partial charge is 0.262 e. The van der Waals surface area contributed by atoms with Crippen LogP contribution in [0.15, 0.2) is 29.3 Å². The summed E-state index contributed by atoms with van der Waals surface area (Å²) in [5.74, 6) is -0.787. The first-order valence-corrected chi connectivity index (χ1v) is 14.8. The van der Waals surface area contributed by atoms with E-state index < -0.39 is 34.4 Å². The Hall–Kier alpha value is -2.21. The highest BCUT2D eigenvalue weighted by Gasteiger charge is 2.53. The Labute approximate surface area is 220 Å². The van der Waals surface area contributed by atoms with E-state index >= 15 is 0 Å². The molecule has 1 saturated carbocycles. The van der Waals surface area contributed by atoms with Crippen molar-refractivity contribution in [3.05, 3.63) is 29.3 Å². The summed E-state index contributed by atoms with van der Waals surface area (Å²) in [5.41, 5.74) is 0.530. The summed E-state index contributed by atoms with van der Waals surface area (Å²) in [6.07, 6.45) is 7.28. The molecule has 3 aliphatic rings. The average Bonchev–Trinajstić information content (AvgIpc) is 3.61. The molecule has 0 aromatic carbocycles. The predicted octanol–water partition coefficient (Wildman–Crippen LogP) is 2.41. The third-order valence-corrected chi connectivity index (χ3v) is 9.50. The predicted molar refractivity (Wildman–Crippen MR) is 135 cm³/mol. The summed E-state index contributed by atoms with van der Waals surface area (Å²) in [5, 5.41) is 10.5. The summed E-state index contributed by atoms with van der Waals surface area (Å²) in [6, 6.07) is 3.71. The van der Waals surface area contributed by atoms with Gasteiger partial charge in [0.25, 0.3) is 5.91 Å². The van der Waals surface area contributed by atoms with Crippen molar-refractivity contribution in [2.75, 3.05) is 19.4 Å². The maximum Gasteiger partial charge on any atom is 0.262 e. The second-order valence-electron chi connectivity index (χ2n) is 9.44. The van der Waals surface area contributed by atoms with E-state index in [2.05, 4.69) is 15.5 Å². The van der Waals surface area contributed by atoms with E-state index in [1.165, 1.54) is 22.4 Å². The van der Waals surface area contributed by atoms with Crippen molar-refractivity contribution in [1.29, 1.82) is 0 Å². The number of thiophene rings is 1. The number of nitrogens with one attached hydrogen (secondary N) is 1. The minimum absolute atomic E-state index is 0.0121.